The Labute approximate surface area is 274 Å². The van der Waals surface area contributed by atoms with E-state index in [0.717, 1.165) is 48.3 Å². The predicted octanol–water partition coefficient (Wildman–Crippen LogP) is 4.93. The molecule has 6 rings (SSSR count). The summed E-state index contributed by atoms with van der Waals surface area (Å²) in [5, 5.41) is 2.85. The lowest BCUT2D eigenvalue weighted by Crippen LogP contribution is -2.55. The Morgan fingerprint density at radius 2 is 1.66 bits per heavy atom. The molecule has 3 heterocycles. The van der Waals surface area contributed by atoms with Crippen LogP contribution in [0.3, 0.4) is 0 Å². The van der Waals surface area contributed by atoms with Crippen molar-refractivity contribution in [3.8, 4) is 0 Å². The van der Waals surface area contributed by atoms with E-state index in [1.54, 1.807) is 29.2 Å². The molecule has 1 atom stereocenters. The van der Waals surface area contributed by atoms with Crippen molar-refractivity contribution in [2.24, 2.45) is 0 Å². The molecule has 1 aromatic heterocycles. The number of nitrogens with zero attached hydrogens (tertiary/aromatic N) is 3. The van der Waals surface area contributed by atoms with E-state index >= 15 is 0 Å². The first-order chi connectivity index (χ1) is 22.7. The number of likely N-dealkylation sites (tertiary alicyclic amines) is 1. The largest absolute Gasteiger partial charge is 0.448 e. The number of para-hydroxylation sites is 1. The minimum absolute atomic E-state index is 0.117. The summed E-state index contributed by atoms with van der Waals surface area (Å²) in [7, 11) is 0. The third-order valence-corrected chi connectivity index (χ3v) is 8.89. The number of anilines is 1. The van der Waals surface area contributed by atoms with Gasteiger partial charge < -0.3 is 24.4 Å². The molecule has 1 N–H and O–H groups in total. The molecule has 47 heavy (non-hydrogen) atoms. The number of hydrogen-bond donors (Lipinski definition) is 1. The Morgan fingerprint density at radius 1 is 0.915 bits per heavy atom. The summed E-state index contributed by atoms with van der Waals surface area (Å²) in [6.07, 6.45) is 2.60. The number of fused-ring (bicyclic) bond motifs is 1. The van der Waals surface area contributed by atoms with Gasteiger partial charge in [0.15, 0.2) is 22.6 Å². The minimum atomic E-state index is -1.12. The van der Waals surface area contributed by atoms with Crippen LogP contribution < -0.4 is 15.6 Å². The van der Waals surface area contributed by atoms with Crippen LogP contribution in [0.1, 0.15) is 40.9 Å². The number of benzene rings is 3. The van der Waals surface area contributed by atoms with Gasteiger partial charge in [-0.15, -0.1) is 0 Å². The number of piperidine rings is 1. The van der Waals surface area contributed by atoms with Crippen LogP contribution in [0.4, 0.5) is 14.5 Å². The first kappa shape index (κ1) is 32.2. The van der Waals surface area contributed by atoms with Gasteiger partial charge in [-0.1, -0.05) is 41.9 Å². The van der Waals surface area contributed by atoms with Crippen molar-refractivity contribution in [1.29, 1.82) is 0 Å². The highest BCUT2D eigenvalue weighted by atomic mass is 35.5. The molecule has 0 aliphatic carbocycles. The Bertz CT molecular complexity index is 1870. The molecule has 2 fully saturated rings. The first-order valence-electron chi connectivity index (χ1n) is 15.5. The summed E-state index contributed by atoms with van der Waals surface area (Å²) in [6, 6.07) is 16.0. The molecule has 2 aliphatic rings. The fourth-order valence-electron chi connectivity index (χ4n) is 6.16. The predicted molar refractivity (Wildman–Crippen MR) is 173 cm³/mol. The first-order valence-corrected chi connectivity index (χ1v) is 15.9. The van der Waals surface area contributed by atoms with Crippen LogP contribution >= 0.6 is 11.6 Å². The molecule has 0 unspecified atom stereocenters. The summed E-state index contributed by atoms with van der Waals surface area (Å²) < 4.78 is 33.5. The fraction of sp³-hybridized carbons (Fsp3) is 0.314. The van der Waals surface area contributed by atoms with E-state index in [4.69, 9.17) is 16.0 Å². The quantitative estimate of drug-likeness (QED) is 0.287. The molecule has 244 valence electrons. The Balaban J connectivity index is 1.19. The van der Waals surface area contributed by atoms with Gasteiger partial charge in [-0.3, -0.25) is 19.2 Å². The molecular weight excluding hydrogens is 630 g/mol. The van der Waals surface area contributed by atoms with Gasteiger partial charge in [0.1, 0.15) is 11.9 Å². The number of carbonyl (C=O) groups is 3. The zero-order valence-electron chi connectivity index (χ0n) is 25.5. The minimum Gasteiger partial charge on any atom is -0.448 e. The second kappa shape index (κ2) is 13.9. The van der Waals surface area contributed by atoms with Crippen molar-refractivity contribution in [3.05, 3.63) is 110 Å². The number of nitrogens with one attached hydrogen (secondary N) is 1. The highest BCUT2D eigenvalue weighted by Crippen LogP contribution is 2.26. The molecule has 2 aliphatic heterocycles. The monoisotopic (exact) mass is 662 g/mol. The van der Waals surface area contributed by atoms with Crippen LogP contribution in [0.15, 0.2) is 75.9 Å². The maximum absolute atomic E-state index is 14.4. The summed E-state index contributed by atoms with van der Waals surface area (Å²) in [6.45, 7) is 3.11. The van der Waals surface area contributed by atoms with Crippen LogP contribution in [0.2, 0.25) is 5.02 Å². The lowest BCUT2D eigenvalue weighted by atomic mass is 10.0. The number of carbonyl (C=O) groups excluding carboxylic acids is 3. The van der Waals surface area contributed by atoms with E-state index in [1.165, 1.54) is 0 Å². The van der Waals surface area contributed by atoms with E-state index in [2.05, 4.69) is 10.2 Å². The van der Waals surface area contributed by atoms with Crippen molar-refractivity contribution in [2.45, 2.75) is 38.3 Å². The average Bonchev–Trinajstić information content (AvgIpc) is 3.07. The summed E-state index contributed by atoms with van der Waals surface area (Å²) >= 11 is 6.05. The number of amides is 3. The van der Waals surface area contributed by atoms with E-state index in [1.807, 2.05) is 29.2 Å². The van der Waals surface area contributed by atoms with Gasteiger partial charge in [0.05, 0.1) is 5.39 Å². The molecule has 0 saturated carbocycles. The molecule has 0 bridgehead atoms. The molecule has 0 spiro atoms. The summed E-state index contributed by atoms with van der Waals surface area (Å²) in [5.74, 6) is -3.64. The molecule has 3 amide bonds. The molecule has 3 aromatic carbocycles. The maximum Gasteiger partial charge on any atom is 0.287 e. The Hall–Kier alpha value is -4.77. The number of halogens is 3. The van der Waals surface area contributed by atoms with Gasteiger partial charge >= 0.3 is 0 Å². The Morgan fingerprint density at radius 3 is 2.40 bits per heavy atom. The third-order valence-electron chi connectivity index (χ3n) is 8.63. The van der Waals surface area contributed by atoms with Crippen molar-refractivity contribution >= 4 is 46.0 Å². The van der Waals surface area contributed by atoms with Crippen molar-refractivity contribution in [1.82, 2.24) is 15.1 Å². The molecule has 12 heteroatoms. The molecule has 0 radical (unpaired) electrons. The van der Waals surface area contributed by atoms with Gasteiger partial charge in [0, 0.05) is 75.0 Å². The lowest BCUT2D eigenvalue weighted by Gasteiger charge is -2.39. The molecule has 4 aromatic rings. The topological polar surface area (TPSA) is 103 Å². The van der Waals surface area contributed by atoms with Crippen molar-refractivity contribution < 1.29 is 27.6 Å². The second-order valence-corrected chi connectivity index (χ2v) is 12.2. The van der Waals surface area contributed by atoms with Crippen LogP contribution in [-0.2, 0) is 22.6 Å². The van der Waals surface area contributed by atoms with Gasteiger partial charge in [-0.25, -0.2) is 8.78 Å². The van der Waals surface area contributed by atoms with Crippen LogP contribution in [0.25, 0.3) is 11.0 Å². The smallest absolute Gasteiger partial charge is 0.287 e. The van der Waals surface area contributed by atoms with Gasteiger partial charge in [0.25, 0.3) is 5.91 Å². The molecule has 2 saturated heterocycles. The molecular formula is C35H33ClF2N4O5. The van der Waals surface area contributed by atoms with E-state index in [-0.39, 0.29) is 23.6 Å². The lowest BCUT2D eigenvalue weighted by molar-refractivity contribution is -0.134. The fourth-order valence-corrected chi connectivity index (χ4v) is 6.28. The third kappa shape index (κ3) is 7.30. The van der Waals surface area contributed by atoms with Gasteiger partial charge in [-0.2, -0.15) is 0 Å². The van der Waals surface area contributed by atoms with Crippen molar-refractivity contribution in [3.63, 3.8) is 0 Å². The molecule has 9 nitrogen and oxygen atoms in total. The standard InChI is InChI=1S/C35H33ClF2N4O5/c36-24-10-8-22(9-11-24)17-28(39-34(45)31-20-30(43)26-18-25(37)19-27(38)33(26)47-31)35(46)41-15-13-40(14-16-41)29-6-2-1-5-23(29)21-42-12-4-3-7-32(42)44/h1-2,5-6,8-11,18-20,28H,3-4,7,12-17,21H2,(H,39,45)/t28-/m1/s1. The van der Waals surface area contributed by atoms with E-state index in [0.29, 0.717) is 50.2 Å². The summed E-state index contributed by atoms with van der Waals surface area (Å²) in [5.41, 5.74) is 1.45. The van der Waals surface area contributed by atoms with Crippen LogP contribution in [-0.4, -0.2) is 66.3 Å². The Kier molecular flexibility index (Phi) is 9.53. The van der Waals surface area contributed by atoms with Crippen LogP contribution in [0, 0.1) is 11.6 Å². The van der Waals surface area contributed by atoms with Gasteiger partial charge in [0.2, 0.25) is 11.8 Å². The zero-order valence-corrected chi connectivity index (χ0v) is 26.3. The van der Waals surface area contributed by atoms with E-state index in [9.17, 15) is 28.0 Å². The zero-order chi connectivity index (χ0) is 33.1. The highest BCUT2D eigenvalue weighted by Gasteiger charge is 2.31. The summed E-state index contributed by atoms with van der Waals surface area (Å²) in [4.78, 5) is 58.1. The number of rotatable bonds is 8. The average molecular weight is 663 g/mol. The van der Waals surface area contributed by atoms with E-state index < -0.39 is 40.4 Å². The van der Waals surface area contributed by atoms with Crippen molar-refractivity contribution in [2.75, 3.05) is 37.6 Å². The maximum atomic E-state index is 14.4. The highest BCUT2D eigenvalue weighted by molar-refractivity contribution is 6.30. The number of piperazine rings is 1. The number of hydrogen-bond acceptors (Lipinski definition) is 6. The van der Waals surface area contributed by atoms with Crippen LogP contribution in [0.5, 0.6) is 0 Å². The normalized spacial score (nSPS) is 16.0. The van der Waals surface area contributed by atoms with Gasteiger partial charge in [-0.05, 0) is 48.2 Å². The second-order valence-electron chi connectivity index (χ2n) is 11.8. The SMILES string of the molecule is O=C(N[C@H](Cc1ccc(Cl)cc1)C(=O)N1CCN(c2ccccc2CN2CCCCC2=O)CC1)c1cc(=O)c2cc(F)cc(F)c2o1.